The molecular formula is C24H16ClN3O2. The number of halogens is 1. The van der Waals surface area contributed by atoms with E-state index in [2.05, 4.69) is 33.1 Å². The molecule has 0 aliphatic carbocycles. The lowest BCUT2D eigenvalue weighted by Gasteiger charge is -2.16. The van der Waals surface area contributed by atoms with Crippen molar-refractivity contribution in [1.29, 1.82) is 0 Å². The second-order valence-corrected chi connectivity index (χ2v) is 7.72. The summed E-state index contributed by atoms with van der Waals surface area (Å²) in [5, 5.41) is 10.8. The van der Waals surface area contributed by atoms with Gasteiger partial charge >= 0.3 is 0 Å². The van der Waals surface area contributed by atoms with Crippen LogP contribution in [0.3, 0.4) is 0 Å². The fourth-order valence-electron chi connectivity index (χ4n) is 3.95. The second-order valence-electron chi connectivity index (χ2n) is 7.28. The van der Waals surface area contributed by atoms with Gasteiger partial charge in [0.05, 0.1) is 5.52 Å². The molecule has 0 spiro atoms. The molecule has 3 aromatic rings. The number of benzene rings is 3. The highest BCUT2D eigenvalue weighted by Crippen LogP contribution is 2.42. The van der Waals surface area contributed by atoms with Crippen LogP contribution in [0.5, 0.6) is 11.5 Å². The standard InChI is InChI=1S/C24H16ClN3O2/c25-17-8-6-15(7-9-17)12-28-13-19-23(16-4-2-1-3-5-16)26-27-24(19)18-10-21-22(11-20(18)28)30-14-29-21/h1-11,13H,12,14H2. The summed E-state index contributed by atoms with van der Waals surface area (Å²) in [6.45, 7) is 0.913. The summed E-state index contributed by atoms with van der Waals surface area (Å²) in [7, 11) is 0. The molecule has 6 heteroatoms. The van der Waals surface area contributed by atoms with Crippen molar-refractivity contribution in [3.05, 3.63) is 83.5 Å². The van der Waals surface area contributed by atoms with E-state index in [1.54, 1.807) is 0 Å². The van der Waals surface area contributed by atoms with Crippen molar-refractivity contribution in [2.24, 2.45) is 0 Å². The molecule has 6 rings (SSSR count). The summed E-state index contributed by atoms with van der Waals surface area (Å²) < 4.78 is 13.5. The maximum atomic E-state index is 6.07. The molecule has 0 bridgehead atoms. The summed E-state index contributed by atoms with van der Waals surface area (Å²) in [6.07, 6.45) is 2.12. The number of aromatic nitrogens is 3. The zero-order valence-corrected chi connectivity index (χ0v) is 16.6. The van der Waals surface area contributed by atoms with E-state index >= 15 is 0 Å². The SMILES string of the molecule is Clc1ccc(Cn2cc3c(-c4ccccc4)nnc-3c3cc4c(cc32)OCO4)cc1. The van der Waals surface area contributed by atoms with Crippen LogP contribution in [0.4, 0.5) is 0 Å². The maximum absolute atomic E-state index is 6.07. The molecule has 5 nitrogen and oxygen atoms in total. The van der Waals surface area contributed by atoms with Crippen molar-refractivity contribution in [1.82, 2.24) is 14.8 Å². The number of fused-ring (bicyclic) bond motifs is 4. The Morgan fingerprint density at radius 1 is 0.867 bits per heavy atom. The molecule has 146 valence electrons. The molecule has 0 saturated carbocycles. The topological polar surface area (TPSA) is 49.2 Å². The van der Waals surface area contributed by atoms with E-state index in [0.29, 0.717) is 6.54 Å². The van der Waals surface area contributed by atoms with Gasteiger partial charge in [0, 0.05) is 40.3 Å². The summed E-state index contributed by atoms with van der Waals surface area (Å²) >= 11 is 6.07. The number of ether oxygens (including phenoxy) is 2. The van der Waals surface area contributed by atoms with Crippen molar-refractivity contribution < 1.29 is 9.47 Å². The van der Waals surface area contributed by atoms with E-state index in [-0.39, 0.29) is 6.79 Å². The lowest BCUT2D eigenvalue weighted by atomic mass is 10.0. The van der Waals surface area contributed by atoms with Gasteiger partial charge in [-0.05, 0) is 23.8 Å². The summed E-state index contributed by atoms with van der Waals surface area (Å²) in [6, 6.07) is 22.0. The van der Waals surface area contributed by atoms with E-state index in [0.717, 1.165) is 55.5 Å². The Labute approximate surface area is 177 Å². The highest BCUT2D eigenvalue weighted by molar-refractivity contribution is 6.30. The van der Waals surface area contributed by atoms with Gasteiger partial charge in [-0.1, -0.05) is 54.1 Å². The molecule has 0 aromatic heterocycles. The van der Waals surface area contributed by atoms with Crippen LogP contribution in [0.25, 0.3) is 33.4 Å². The number of nitrogens with zero attached hydrogens (tertiary/aromatic N) is 3. The molecular weight excluding hydrogens is 398 g/mol. The van der Waals surface area contributed by atoms with Crippen LogP contribution in [0.1, 0.15) is 5.56 Å². The van der Waals surface area contributed by atoms with Crippen LogP contribution in [-0.4, -0.2) is 21.6 Å². The van der Waals surface area contributed by atoms with Gasteiger partial charge in [-0.25, -0.2) is 0 Å². The van der Waals surface area contributed by atoms with Crippen molar-refractivity contribution in [3.63, 3.8) is 0 Å². The predicted molar refractivity (Wildman–Crippen MR) is 116 cm³/mol. The molecule has 3 aliphatic rings. The number of pyridine rings is 1. The van der Waals surface area contributed by atoms with Crippen LogP contribution in [0.2, 0.25) is 5.02 Å². The fourth-order valence-corrected chi connectivity index (χ4v) is 4.08. The first-order valence-electron chi connectivity index (χ1n) is 9.65. The first-order valence-corrected chi connectivity index (χ1v) is 10.0. The molecule has 3 heterocycles. The van der Waals surface area contributed by atoms with Crippen LogP contribution in [0, 0.1) is 0 Å². The van der Waals surface area contributed by atoms with Crippen LogP contribution < -0.4 is 9.47 Å². The van der Waals surface area contributed by atoms with Crippen molar-refractivity contribution >= 4 is 22.5 Å². The molecule has 3 aliphatic heterocycles. The maximum Gasteiger partial charge on any atom is 0.231 e. The monoisotopic (exact) mass is 413 g/mol. The second kappa shape index (κ2) is 6.75. The Kier molecular flexibility index (Phi) is 3.89. The Balaban J connectivity index is 1.60. The van der Waals surface area contributed by atoms with E-state index in [1.807, 2.05) is 54.6 Å². The predicted octanol–water partition coefficient (Wildman–Crippen LogP) is 5.63. The largest absolute Gasteiger partial charge is 0.454 e. The molecule has 0 amide bonds. The molecule has 3 aromatic carbocycles. The third-order valence-corrected chi connectivity index (χ3v) is 5.67. The minimum absolute atomic E-state index is 0.230. The van der Waals surface area contributed by atoms with Gasteiger partial charge in [-0.2, -0.15) is 0 Å². The Bertz CT molecular complexity index is 1350. The van der Waals surface area contributed by atoms with Gasteiger partial charge in [-0.15, -0.1) is 10.2 Å². The van der Waals surface area contributed by atoms with E-state index < -0.39 is 0 Å². The zero-order valence-electron chi connectivity index (χ0n) is 15.9. The first-order chi connectivity index (χ1) is 14.8. The number of hydrogen-bond donors (Lipinski definition) is 0. The number of hydrogen-bond acceptors (Lipinski definition) is 4. The highest BCUT2D eigenvalue weighted by atomic mass is 35.5. The molecule has 30 heavy (non-hydrogen) atoms. The van der Waals surface area contributed by atoms with Crippen molar-refractivity contribution in [3.8, 4) is 34.0 Å². The first kappa shape index (κ1) is 17.3. The fraction of sp³-hybridized carbons (Fsp3) is 0.0833. The third kappa shape index (κ3) is 2.78. The molecule has 0 fully saturated rings. The van der Waals surface area contributed by atoms with Gasteiger partial charge in [-0.3, -0.25) is 0 Å². The number of rotatable bonds is 3. The molecule has 0 atom stereocenters. The van der Waals surface area contributed by atoms with E-state index in [4.69, 9.17) is 21.1 Å². The highest BCUT2D eigenvalue weighted by Gasteiger charge is 2.23. The quantitative estimate of drug-likeness (QED) is 0.384. The van der Waals surface area contributed by atoms with Gasteiger partial charge in [0.25, 0.3) is 0 Å². The normalized spacial score (nSPS) is 12.7. The molecule has 0 N–H and O–H groups in total. The van der Waals surface area contributed by atoms with Gasteiger partial charge in [0.2, 0.25) is 6.79 Å². The van der Waals surface area contributed by atoms with E-state index in [9.17, 15) is 0 Å². The van der Waals surface area contributed by atoms with Crippen LogP contribution in [0.15, 0.2) is 72.9 Å². The summed E-state index contributed by atoms with van der Waals surface area (Å²) in [4.78, 5) is 0. The van der Waals surface area contributed by atoms with Crippen molar-refractivity contribution in [2.75, 3.05) is 6.79 Å². The van der Waals surface area contributed by atoms with Gasteiger partial charge < -0.3 is 14.0 Å². The minimum atomic E-state index is 0.230. The lowest BCUT2D eigenvalue weighted by molar-refractivity contribution is 0.174. The Hall–Kier alpha value is -3.57. The van der Waals surface area contributed by atoms with Crippen LogP contribution in [-0.2, 0) is 6.54 Å². The van der Waals surface area contributed by atoms with Gasteiger partial charge in [0.15, 0.2) is 11.5 Å². The lowest BCUT2D eigenvalue weighted by Crippen LogP contribution is -2.04. The van der Waals surface area contributed by atoms with Crippen LogP contribution >= 0.6 is 11.6 Å². The zero-order chi connectivity index (χ0) is 20.1. The minimum Gasteiger partial charge on any atom is -0.454 e. The molecule has 0 radical (unpaired) electrons. The summed E-state index contributed by atoms with van der Waals surface area (Å²) in [5.41, 5.74) is 5.93. The average molecular weight is 414 g/mol. The van der Waals surface area contributed by atoms with E-state index in [1.165, 1.54) is 0 Å². The third-order valence-electron chi connectivity index (χ3n) is 5.41. The summed E-state index contributed by atoms with van der Waals surface area (Å²) in [5.74, 6) is 1.48. The smallest absolute Gasteiger partial charge is 0.231 e. The molecule has 0 saturated heterocycles. The van der Waals surface area contributed by atoms with Gasteiger partial charge in [0.1, 0.15) is 11.4 Å². The average Bonchev–Trinajstić information content (AvgIpc) is 3.41. The Morgan fingerprint density at radius 2 is 1.60 bits per heavy atom. The van der Waals surface area contributed by atoms with Crippen molar-refractivity contribution in [2.45, 2.75) is 6.54 Å². The molecule has 0 unspecified atom stereocenters. The Morgan fingerprint density at radius 3 is 2.40 bits per heavy atom.